The number of aromatic nitrogens is 1. The van der Waals surface area contributed by atoms with Gasteiger partial charge in [0.2, 0.25) is 0 Å². The molecule has 0 aliphatic carbocycles. The molecule has 1 aromatic heterocycles. The molecule has 1 amide bonds. The number of piperidine rings is 1. The lowest BCUT2D eigenvalue weighted by Crippen LogP contribution is -2.41. The zero-order valence-corrected chi connectivity index (χ0v) is 15.2. The third-order valence-electron chi connectivity index (χ3n) is 4.18. The van der Waals surface area contributed by atoms with E-state index in [1.165, 1.54) is 18.5 Å². The van der Waals surface area contributed by atoms with Crippen LogP contribution in [0.5, 0.6) is 11.5 Å². The van der Waals surface area contributed by atoms with E-state index in [1.807, 2.05) is 12.1 Å². The van der Waals surface area contributed by atoms with Gasteiger partial charge >= 0.3 is 0 Å². The highest BCUT2D eigenvalue weighted by Crippen LogP contribution is 2.22. The van der Waals surface area contributed by atoms with E-state index >= 15 is 0 Å². The van der Waals surface area contributed by atoms with Crippen molar-refractivity contribution >= 4 is 17.5 Å². The van der Waals surface area contributed by atoms with Crippen LogP contribution in [-0.4, -0.2) is 48.0 Å². The van der Waals surface area contributed by atoms with Gasteiger partial charge in [-0.1, -0.05) is 11.6 Å². The van der Waals surface area contributed by atoms with Crippen LogP contribution in [0.1, 0.15) is 23.2 Å². The molecule has 0 N–H and O–H groups in total. The molecule has 0 radical (unpaired) electrons. The van der Waals surface area contributed by atoms with E-state index in [1.54, 1.807) is 17.0 Å². The lowest BCUT2D eigenvalue weighted by molar-refractivity contribution is 0.0594. The van der Waals surface area contributed by atoms with Crippen molar-refractivity contribution in [2.24, 2.45) is 0 Å². The molecule has 1 saturated heterocycles. The molecule has 8 heteroatoms. The normalized spacial score (nSPS) is 15.0. The highest BCUT2D eigenvalue weighted by atomic mass is 35.5. The second-order valence-electron chi connectivity index (χ2n) is 6.17. The van der Waals surface area contributed by atoms with Crippen LogP contribution in [0, 0.1) is 0 Å². The maximum Gasteiger partial charge on any atom is 0.272 e. The number of halogens is 3. The molecule has 144 valence electrons. The zero-order chi connectivity index (χ0) is 19.2. The summed E-state index contributed by atoms with van der Waals surface area (Å²) < 4.78 is 35.3. The van der Waals surface area contributed by atoms with E-state index in [9.17, 15) is 13.6 Å². The zero-order valence-electron chi connectivity index (χ0n) is 14.5. The van der Waals surface area contributed by atoms with E-state index < -0.39 is 13.0 Å². The highest BCUT2D eigenvalue weighted by Gasteiger charge is 2.25. The lowest BCUT2D eigenvalue weighted by atomic mass is 10.1. The topological polar surface area (TPSA) is 51.7 Å². The largest absolute Gasteiger partial charge is 0.490 e. The Morgan fingerprint density at radius 1 is 1.19 bits per heavy atom. The van der Waals surface area contributed by atoms with E-state index in [0.717, 1.165) is 5.75 Å². The van der Waals surface area contributed by atoms with Gasteiger partial charge in [-0.2, -0.15) is 0 Å². The Hall–Kier alpha value is -2.41. The summed E-state index contributed by atoms with van der Waals surface area (Å²) in [6, 6.07) is 8.61. The molecule has 1 aliphatic rings. The van der Waals surface area contributed by atoms with E-state index in [0.29, 0.717) is 36.5 Å². The summed E-state index contributed by atoms with van der Waals surface area (Å²) in [4.78, 5) is 18.2. The summed E-state index contributed by atoms with van der Waals surface area (Å²) in [5.74, 6) is 0.703. The number of benzene rings is 1. The molecule has 0 saturated carbocycles. The maximum atomic E-state index is 12.6. The fraction of sp³-hybridized carbons (Fsp3) is 0.368. The Bertz CT molecular complexity index is 766. The summed E-state index contributed by atoms with van der Waals surface area (Å²) >= 11 is 5.86. The van der Waals surface area contributed by atoms with Crippen LogP contribution in [0.3, 0.4) is 0 Å². The first-order chi connectivity index (χ1) is 13.0. The summed E-state index contributed by atoms with van der Waals surface area (Å²) in [6.45, 7) is 0.352. The number of alkyl halides is 2. The summed E-state index contributed by atoms with van der Waals surface area (Å²) in [6.07, 6.45) is 1.56. The van der Waals surface area contributed by atoms with Crippen molar-refractivity contribution in [3.05, 3.63) is 53.3 Å². The molecule has 5 nitrogen and oxygen atoms in total. The molecular formula is C19H19ClF2N2O3. The van der Waals surface area contributed by atoms with Crippen molar-refractivity contribution in [3.63, 3.8) is 0 Å². The van der Waals surface area contributed by atoms with Crippen LogP contribution in [0.4, 0.5) is 8.78 Å². The average Bonchev–Trinajstić information content (AvgIpc) is 2.68. The quantitative estimate of drug-likeness (QED) is 0.738. The smallest absolute Gasteiger partial charge is 0.272 e. The van der Waals surface area contributed by atoms with Gasteiger partial charge in [-0.25, -0.2) is 8.78 Å². The van der Waals surface area contributed by atoms with E-state index in [-0.39, 0.29) is 17.8 Å². The van der Waals surface area contributed by atoms with Crippen LogP contribution in [0.25, 0.3) is 0 Å². The summed E-state index contributed by atoms with van der Waals surface area (Å²) in [5.41, 5.74) is 0.318. The molecule has 27 heavy (non-hydrogen) atoms. The molecule has 2 heterocycles. The van der Waals surface area contributed by atoms with Gasteiger partial charge in [0.05, 0.1) is 11.8 Å². The lowest BCUT2D eigenvalue weighted by Gasteiger charge is -2.32. The fourth-order valence-corrected chi connectivity index (χ4v) is 2.96. The van der Waals surface area contributed by atoms with E-state index in [2.05, 4.69) is 4.98 Å². The number of ether oxygens (including phenoxy) is 2. The molecule has 0 atom stereocenters. The Morgan fingerprint density at radius 3 is 2.56 bits per heavy atom. The Kier molecular flexibility index (Phi) is 6.45. The minimum Gasteiger partial charge on any atom is -0.490 e. The number of amides is 1. The Morgan fingerprint density at radius 2 is 1.89 bits per heavy atom. The van der Waals surface area contributed by atoms with Gasteiger partial charge in [0.1, 0.15) is 24.2 Å². The van der Waals surface area contributed by atoms with Gasteiger partial charge in [-0.3, -0.25) is 9.78 Å². The molecule has 1 fully saturated rings. The molecule has 3 rings (SSSR count). The number of carbonyl (C=O) groups excluding carboxylic acids is 1. The van der Waals surface area contributed by atoms with Crippen LogP contribution >= 0.6 is 11.6 Å². The highest BCUT2D eigenvalue weighted by molar-refractivity contribution is 6.30. The number of carbonyl (C=O) groups is 1. The number of rotatable bonds is 6. The van der Waals surface area contributed by atoms with Gasteiger partial charge in [-0.05, 0) is 30.3 Å². The first kappa shape index (κ1) is 19.4. The molecule has 0 bridgehead atoms. The first-order valence-corrected chi connectivity index (χ1v) is 8.96. The van der Waals surface area contributed by atoms with Gasteiger partial charge in [0.15, 0.2) is 0 Å². The van der Waals surface area contributed by atoms with Gasteiger partial charge in [0.25, 0.3) is 12.3 Å². The predicted molar refractivity (Wildman–Crippen MR) is 96.7 cm³/mol. The SMILES string of the molecule is O=C(c1cncc(OCC(F)F)c1)N1CCC(Oc2ccc(Cl)cc2)CC1. The van der Waals surface area contributed by atoms with Gasteiger partial charge in [-0.15, -0.1) is 0 Å². The van der Waals surface area contributed by atoms with Crippen LogP contribution < -0.4 is 9.47 Å². The van der Waals surface area contributed by atoms with Gasteiger partial charge in [0, 0.05) is 37.2 Å². The number of nitrogens with zero attached hydrogens (tertiary/aromatic N) is 2. The van der Waals surface area contributed by atoms with Crippen molar-refractivity contribution in [1.82, 2.24) is 9.88 Å². The molecule has 0 spiro atoms. The number of hydrogen-bond donors (Lipinski definition) is 0. The Balaban J connectivity index is 1.53. The number of likely N-dealkylation sites (tertiary alicyclic amines) is 1. The van der Waals surface area contributed by atoms with Crippen molar-refractivity contribution in [1.29, 1.82) is 0 Å². The monoisotopic (exact) mass is 396 g/mol. The van der Waals surface area contributed by atoms with Crippen molar-refractivity contribution < 1.29 is 23.0 Å². The molecule has 0 unspecified atom stereocenters. The third kappa shape index (κ3) is 5.53. The molecular weight excluding hydrogens is 378 g/mol. The van der Waals surface area contributed by atoms with Crippen LogP contribution in [0.2, 0.25) is 5.02 Å². The van der Waals surface area contributed by atoms with Gasteiger partial charge < -0.3 is 14.4 Å². The minimum atomic E-state index is -2.58. The minimum absolute atomic E-state index is 0.0223. The standard InChI is InChI=1S/C19H19ClF2N2O3/c20-14-1-3-15(4-2-14)27-16-5-7-24(8-6-16)19(25)13-9-17(11-23-10-13)26-12-18(21)22/h1-4,9-11,16,18H,5-8,12H2. The first-order valence-electron chi connectivity index (χ1n) is 8.59. The van der Waals surface area contributed by atoms with Crippen molar-refractivity contribution in [2.45, 2.75) is 25.4 Å². The second-order valence-corrected chi connectivity index (χ2v) is 6.61. The maximum absolute atomic E-state index is 12.6. The van der Waals surface area contributed by atoms with E-state index in [4.69, 9.17) is 21.1 Å². The number of pyridine rings is 1. The summed E-state index contributed by atoms with van der Waals surface area (Å²) in [7, 11) is 0. The molecule has 1 aromatic carbocycles. The van der Waals surface area contributed by atoms with Crippen molar-refractivity contribution in [3.8, 4) is 11.5 Å². The molecule has 1 aliphatic heterocycles. The third-order valence-corrected chi connectivity index (χ3v) is 4.43. The Labute approximate surface area is 160 Å². The average molecular weight is 397 g/mol. The second kappa shape index (κ2) is 8.99. The number of hydrogen-bond acceptors (Lipinski definition) is 4. The van der Waals surface area contributed by atoms with Crippen molar-refractivity contribution in [2.75, 3.05) is 19.7 Å². The fourth-order valence-electron chi connectivity index (χ4n) is 2.84. The predicted octanol–water partition coefficient (Wildman–Crippen LogP) is 4.06. The summed E-state index contributed by atoms with van der Waals surface area (Å²) in [5, 5.41) is 0.649. The van der Waals surface area contributed by atoms with Crippen LogP contribution in [0.15, 0.2) is 42.7 Å². The van der Waals surface area contributed by atoms with Crippen LogP contribution in [-0.2, 0) is 0 Å². The molecule has 2 aromatic rings.